The Balaban J connectivity index is 3.28. The van der Waals surface area contributed by atoms with Gasteiger partial charge in [0.1, 0.15) is 0 Å². The third-order valence-corrected chi connectivity index (χ3v) is 2.45. The lowest BCUT2D eigenvalue weighted by Crippen LogP contribution is -2.21. The van der Waals surface area contributed by atoms with Crippen molar-refractivity contribution >= 4 is 0 Å². The average Bonchev–Trinajstić information content (AvgIpc) is 2.21. The van der Waals surface area contributed by atoms with Gasteiger partial charge in [0.2, 0.25) is 5.75 Å². The van der Waals surface area contributed by atoms with Gasteiger partial charge in [-0.25, -0.2) is 0 Å². The fourth-order valence-corrected chi connectivity index (χ4v) is 1.23. The number of aliphatic hydroxyl groups is 1. The standard InChI is InChI=1S/C11H16O4/c1-11(2,6-12)7-4-8(13)10(14)9(5-7)15-3/h4-5,12-14H,6H2,1-3H3. The number of hydrogen-bond donors (Lipinski definition) is 3. The normalized spacial score (nSPS) is 11.5. The molecule has 0 atom stereocenters. The van der Waals surface area contributed by atoms with E-state index in [1.54, 1.807) is 6.07 Å². The van der Waals surface area contributed by atoms with Crippen LogP contribution in [0.3, 0.4) is 0 Å². The number of hydrogen-bond acceptors (Lipinski definition) is 4. The molecule has 0 saturated heterocycles. The number of rotatable bonds is 3. The molecule has 1 rings (SSSR count). The van der Waals surface area contributed by atoms with Crippen LogP contribution in [0.25, 0.3) is 0 Å². The van der Waals surface area contributed by atoms with Crippen molar-refractivity contribution in [3.63, 3.8) is 0 Å². The maximum atomic E-state index is 9.46. The van der Waals surface area contributed by atoms with Crippen LogP contribution in [-0.4, -0.2) is 29.0 Å². The summed E-state index contributed by atoms with van der Waals surface area (Å²) < 4.78 is 4.91. The molecule has 0 saturated carbocycles. The minimum Gasteiger partial charge on any atom is -0.504 e. The zero-order chi connectivity index (χ0) is 11.6. The molecule has 1 aromatic carbocycles. The van der Waals surface area contributed by atoms with Gasteiger partial charge in [0.05, 0.1) is 13.7 Å². The molecule has 0 heterocycles. The monoisotopic (exact) mass is 212 g/mol. The van der Waals surface area contributed by atoms with Crippen molar-refractivity contribution in [3.8, 4) is 17.2 Å². The van der Waals surface area contributed by atoms with Crippen molar-refractivity contribution in [2.75, 3.05) is 13.7 Å². The molecular weight excluding hydrogens is 196 g/mol. The summed E-state index contributed by atoms with van der Waals surface area (Å²) in [5, 5.41) is 28.1. The molecule has 0 unspecified atom stereocenters. The van der Waals surface area contributed by atoms with E-state index < -0.39 is 5.41 Å². The number of aliphatic hydroxyl groups excluding tert-OH is 1. The Labute approximate surface area is 88.8 Å². The van der Waals surface area contributed by atoms with Crippen LogP contribution >= 0.6 is 0 Å². The topological polar surface area (TPSA) is 69.9 Å². The van der Waals surface area contributed by atoms with E-state index in [0.29, 0.717) is 5.56 Å². The van der Waals surface area contributed by atoms with Crippen LogP contribution in [0.4, 0.5) is 0 Å². The first-order valence-corrected chi connectivity index (χ1v) is 4.63. The number of phenols is 2. The van der Waals surface area contributed by atoms with Gasteiger partial charge >= 0.3 is 0 Å². The molecule has 0 fully saturated rings. The lowest BCUT2D eigenvalue weighted by atomic mass is 9.85. The van der Waals surface area contributed by atoms with Crippen molar-refractivity contribution in [3.05, 3.63) is 17.7 Å². The van der Waals surface area contributed by atoms with E-state index in [1.807, 2.05) is 13.8 Å². The Morgan fingerprint density at radius 2 is 1.87 bits per heavy atom. The summed E-state index contributed by atoms with van der Waals surface area (Å²) in [7, 11) is 1.41. The number of methoxy groups -OCH3 is 1. The van der Waals surface area contributed by atoms with Gasteiger partial charge in [0, 0.05) is 5.41 Å². The van der Waals surface area contributed by atoms with Gasteiger partial charge in [-0.2, -0.15) is 0 Å². The van der Waals surface area contributed by atoms with E-state index in [0.717, 1.165) is 0 Å². The van der Waals surface area contributed by atoms with Gasteiger partial charge in [-0.15, -0.1) is 0 Å². The molecule has 84 valence electrons. The third kappa shape index (κ3) is 2.15. The molecule has 0 aliphatic carbocycles. The van der Waals surface area contributed by atoms with Gasteiger partial charge in [0.25, 0.3) is 0 Å². The largest absolute Gasteiger partial charge is 0.504 e. The molecule has 0 spiro atoms. The van der Waals surface area contributed by atoms with Crippen LogP contribution in [0.1, 0.15) is 19.4 Å². The lowest BCUT2D eigenvalue weighted by molar-refractivity contribution is 0.217. The summed E-state index contributed by atoms with van der Waals surface area (Å²) >= 11 is 0. The summed E-state index contributed by atoms with van der Waals surface area (Å²) in [6, 6.07) is 3.03. The van der Waals surface area contributed by atoms with Gasteiger partial charge < -0.3 is 20.1 Å². The van der Waals surface area contributed by atoms with Gasteiger partial charge in [0.15, 0.2) is 11.5 Å². The summed E-state index contributed by atoms with van der Waals surface area (Å²) in [5.41, 5.74) is 0.218. The smallest absolute Gasteiger partial charge is 0.200 e. The van der Waals surface area contributed by atoms with E-state index in [2.05, 4.69) is 0 Å². The number of aromatic hydroxyl groups is 2. The molecule has 0 bridgehead atoms. The molecule has 1 aromatic rings. The molecule has 4 nitrogen and oxygen atoms in total. The number of ether oxygens (including phenoxy) is 1. The summed E-state index contributed by atoms with van der Waals surface area (Å²) in [5.74, 6) is -0.326. The van der Waals surface area contributed by atoms with E-state index in [-0.39, 0.29) is 23.9 Å². The maximum absolute atomic E-state index is 9.46. The van der Waals surface area contributed by atoms with Crippen molar-refractivity contribution in [2.45, 2.75) is 19.3 Å². The highest BCUT2D eigenvalue weighted by Crippen LogP contribution is 2.39. The van der Waals surface area contributed by atoms with Crippen molar-refractivity contribution in [2.24, 2.45) is 0 Å². The highest BCUT2D eigenvalue weighted by atomic mass is 16.5. The van der Waals surface area contributed by atoms with Gasteiger partial charge in [-0.3, -0.25) is 0 Å². The molecule has 0 aliphatic rings. The van der Waals surface area contributed by atoms with E-state index in [4.69, 9.17) is 4.74 Å². The first kappa shape index (κ1) is 11.7. The molecule has 0 aliphatic heterocycles. The SMILES string of the molecule is COc1cc(C(C)(C)CO)cc(O)c1O. The molecular formula is C11H16O4. The van der Waals surface area contributed by atoms with Crippen LogP contribution in [-0.2, 0) is 5.41 Å². The predicted molar refractivity (Wildman–Crippen MR) is 56.4 cm³/mol. The number of phenolic OH excluding ortho intramolecular Hbond substituents is 2. The molecule has 15 heavy (non-hydrogen) atoms. The van der Waals surface area contributed by atoms with E-state index >= 15 is 0 Å². The second-order valence-electron chi connectivity index (χ2n) is 4.09. The average molecular weight is 212 g/mol. The zero-order valence-corrected chi connectivity index (χ0v) is 9.11. The summed E-state index contributed by atoms with van der Waals surface area (Å²) in [6.07, 6.45) is 0. The van der Waals surface area contributed by atoms with Crippen LogP contribution in [0.5, 0.6) is 17.2 Å². The Morgan fingerprint density at radius 3 is 2.33 bits per heavy atom. The van der Waals surface area contributed by atoms with Gasteiger partial charge in [-0.05, 0) is 17.7 Å². The first-order chi connectivity index (χ1) is 6.92. The second-order valence-corrected chi connectivity index (χ2v) is 4.09. The fourth-order valence-electron chi connectivity index (χ4n) is 1.23. The van der Waals surface area contributed by atoms with Gasteiger partial charge in [-0.1, -0.05) is 13.8 Å². The summed E-state index contributed by atoms with van der Waals surface area (Å²) in [6.45, 7) is 3.61. The minimum atomic E-state index is -0.488. The van der Waals surface area contributed by atoms with Crippen molar-refractivity contribution in [1.82, 2.24) is 0 Å². The highest BCUT2D eigenvalue weighted by molar-refractivity contribution is 5.53. The second kappa shape index (κ2) is 3.98. The number of benzene rings is 1. The molecule has 3 N–H and O–H groups in total. The van der Waals surface area contributed by atoms with Crippen molar-refractivity contribution in [1.29, 1.82) is 0 Å². The summed E-state index contributed by atoms with van der Waals surface area (Å²) in [4.78, 5) is 0. The van der Waals surface area contributed by atoms with Crippen LogP contribution in [0.2, 0.25) is 0 Å². The van der Waals surface area contributed by atoms with Crippen molar-refractivity contribution < 1.29 is 20.1 Å². The lowest BCUT2D eigenvalue weighted by Gasteiger charge is -2.23. The first-order valence-electron chi connectivity index (χ1n) is 4.63. The fraction of sp³-hybridized carbons (Fsp3) is 0.455. The Bertz CT molecular complexity index is 358. The molecule has 4 heteroatoms. The van der Waals surface area contributed by atoms with Crippen LogP contribution < -0.4 is 4.74 Å². The highest BCUT2D eigenvalue weighted by Gasteiger charge is 2.22. The maximum Gasteiger partial charge on any atom is 0.200 e. The predicted octanol–water partition coefficient (Wildman–Crippen LogP) is 1.38. The Kier molecular flexibility index (Phi) is 3.09. The quantitative estimate of drug-likeness (QED) is 0.662. The van der Waals surface area contributed by atoms with Crippen LogP contribution in [0.15, 0.2) is 12.1 Å². The Morgan fingerprint density at radius 1 is 1.27 bits per heavy atom. The zero-order valence-electron chi connectivity index (χ0n) is 9.11. The van der Waals surface area contributed by atoms with E-state index in [9.17, 15) is 15.3 Å². The van der Waals surface area contributed by atoms with Crippen LogP contribution in [0, 0.1) is 0 Å². The molecule has 0 radical (unpaired) electrons. The minimum absolute atomic E-state index is 0.0552. The molecule has 0 amide bonds. The molecule has 0 aromatic heterocycles. The third-order valence-electron chi connectivity index (χ3n) is 2.45. The Hall–Kier alpha value is -1.42. The van der Waals surface area contributed by atoms with E-state index in [1.165, 1.54) is 13.2 Å².